The van der Waals surface area contributed by atoms with Crippen molar-refractivity contribution < 1.29 is 37.0 Å². The van der Waals surface area contributed by atoms with E-state index in [2.05, 4.69) is 11.6 Å². The van der Waals surface area contributed by atoms with E-state index in [-0.39, 0.29) is 18.0 Å². The van der Waals surface area contributed by atoms with Crippen molar-refractivity contribution in [2.45, 2.75) is 65.5 Å². The molecule has 0 saturated heterocycles. The second-order valence-corrected chi connectivity index (χ2v) is 10.7. The third-order valence-electron chi connectivity index (χ3n) is 5.15. The average Bonchev–Trinajstić information content (AvgIpc) is 2.80. The van der Waals surface area contributed by atoms with Crippen LogP contribution in [0.2, 0.25) is 0 Å². The van der Waals surface area contributed by atoms with Crippen molar-refractivity contribution in [2.75, 3.05) is 0 Å². The molecule has 0 saturated carbocycles. The Morgan fingerprint density at radius 1 is 0.949 bits per heavy atom. The Morgan fingerprint density at radius 3 is 2.00 bits per heavy atom. The number of hydrogen-bond donors (Lipinski definition) is 0. The lowest BCUT2D eigenvalue weighted by atomic mass is 10.0. The highest BCUT2D eigenvalue weighted by atomic mass is 19.4. The summed E-state index contributed by atoms with van der Waals surface area (Å²) in [4.78, 5) is 31.4. The van der Waals surface area contributed by atoms with Gasteiger partial charge in [-0.3, -0.25) is 4.98 Å². The summed E-state index contributed by atoms with van der Waals surface area (Å²) in [5, 5.41) is 0.597. The predicted octanol–water partition coefficient (Wildman–Crippen LogP) is 8.36. The quantitative estimate of drug-likeness (QED) is 0.321. The largest absolute Gasteiger partial charge is 0.455 e. The molecule has 1 aromatic heterocycles. The van der Waals surface area contributed by atoms with Gasteiger partial charge in [-0.1, -0.05) is 18.7 Å². The maximum absolute atomic E-state index is 13.1. The van der Waals surface area contributed by atoms with Crippen LogP contribution in [-0.4, -0.2) is 33.3 Å². The molecule has 39 heavy (non-hydrogen) atoms. The molecule has 0 radical (unpaired) electrons. The summed E-state index contributed by atoms with van der Waals surface area (Å²) < 4.78 is 55.9. The fourth-order valence-corrected chi connectivity index (χ4v) is 3.59. The van der Waals surface area contributed by atoms with Gasteiger partial charge in [0.25, 0.3) is 0 Å². The summed E-state index contributed by atoms with van der Waals surface area (Å²) in [6, 6.07) is 9.24. The van der Waals surface area contributed by atoms with Gasteiger partial charge >= 0.3 is 18.4 Å². The Bertz CT molecular complexity index is 1340. The van der Waals surface area contributed by atoms with E-state index in [9.17, 15) is 22.8 Å². The van der Waals surface area contributed by atoms with Crippen LogP contribution < -0.4 is 4.74 Å². The van der Waals surface area contributed by atoms with Gasteiger partial charge in [0.15, 0.2) is 5.75 Å². The number of nitrogens with zero attached hydrogens (tertiary/aromatic N) is 2. The highest BCUT2D eigenvalue weighted by molar-refractivity contribution is 5.94. The molecule has 0 atom stereocenters. The molecule has 0 fully saturated rings. The molecule has 0 aliphatic heterocycles. The first kappa shape index (κ1) is 29.5. The predicted molar refractivity (Wildman–Crippen MR) is 141 cm³/mol. The third kappa shape index (κ3) is 7.72. The number of ether oxygens (including phenoxy) is 3. The van der Waals surface area contributed by atoms with Gasteiger partial charge in [0.2, 0.25) is 0 Å². The summed E-state index contributed by atoms with van der Waals surface area (Å²) >= 11 is 0. The van der Waals surface area contributed by atoms with Crippen molar-refractivity contribution in [2.24, 2.45) is 0 Å². The Kier molecular flexibility index (Phi) is 8.28. The number of carbonyl (C=O) groups is 2. The number of benzene rings is 2. The van der Waals surface area contributed by atoms with Crippen LogP contribution in [0.5, 0.6) is 11.5 Å². The fraction of sp³-hybridized carbons (Fsp3) is 0.345. The molecule has 0 aliphatic rings. The zero-order valence-corrected chi connectivity index (χ0v) is 22.7. The number of aromatic nitrogens is 1. The van der Waals surface area contributed by atoms with E-state index in [1.807, 2.05) is 0 Å². The minimum Gasteiger partial charge on any atom is -0.455 e. The second-order valence-electron chi connectivity index (χ2n) is 10.7. The molecule has 0 bridgehead atoms. The van der Waals surface area contributed by atoms with Crippen molar-refractivity contribution in [3.63, 3.8) is 0 Å². The molecule has 1 heterocycles. The Balaban J connectivity index is 2.10. The SMILES string of the molecule is C=Cc1c(CN(C(=O)OC(C)(C)C)C(=O)OC(C)(C)C)cc(Oc2ccc(C(F)(F)F)cc2)c2ncccc12. The van der Waals surface area contributed by atoms with E-state index in [1.54, 1.807) is 72.0 Å². The summed E-state index contributed by atoms with van der Waals surface area (Å²) in [5.41, 5.74) is -1.15. The monoisotopic (exact) mass is 544 g/mol. The minimum absolute atomic E-state index is 0.142. The van der Waals surface area contributed by atoms with Gasteiger partial charge < -0.3 is 14.2 Å². The van der Waals surface area contributed by atoms with Gasteiger partial charge in [-0.15, -0.1) is 0 Å². The zero-order valence-electron chi connectivity index (χ0n) is 22.7. The molecule has 3 aromatic rings. The second kappa shape index (κ2) is 11.0. The van der Waals surface area contributed by atoms with Crippen LogP contribution in [0.1, 0.15) is 58.2 Å². The number of imide groups is 1. The van der Waals surface area contributed by atoms with Crippen LogP contribution >= 0.6 is 0 Å². The van der Waals surface area contributed by atoms with E-state index in [1.165, 1.54) is 12.1 Å². The number of carbonyl (C=O) groups excluding carboxylic acids is 2. The molecule has 2 aromatic carbocycles. The number of alkyl halides is 3. The van der Waals surface area contributed by atoms with Gasteiger partial charge in [0, 0.05) is 11.6 Å². The van der Waals surface area contributed by atoms with Gasteiger partial charge in [0.1, 0.15) is 22.5 Å². The van der Waals surface area contributed by atoms with E-state index >= 15 is 0 Å². The van der Waals surface area contributed by atoms with Crippen molar-refractivity contribution in [1.29, 1.82) is 0 Å². The molecule has 7 nitrogen and oxygen atoms in total. The number of amides is 2. The summed E-state index contributed by atoms with van der Waals surface area (Å²) in [5.74, 6) is 0.350. The summed E-state index contributed by atoms with van der Waals surface area (Å²) in [7, 11) is 0. The minimum atomic E-state index is -4.49. The van der Waals surface area contributed by atoms with E-state index in [4.69, 9.17) is 14.2 Å². The number of halogens is 3. The third-order valence-corrected chi connectivity index (χ3v) is 5.15. The van der Waals surface area contributed by atoms with Crippen LogP contribution in [-0.2, 0) is 22.2 Å². The van der Waals surface area contributed by atoms with Crippen molar-refractivity contribution >= 4 is 29.2 Å². The topological polar surface area (TPSA) is 78.0 Å². The van der Waals surface area contributed by atoms with E-state index in [0.717, 1.165) is 17.0 Å². The number of pyridine rings is 1. The lowest BCUT2D eigenvalue weighted by Gasteiger charge is -2.29. The van der Waals surface area contributed by atoms with Crippen LogP contribution in [0.3, 0.4) is 0 Å². The number of fused-ring (bicyclic) bond motifs is 1. The fourth-order valence-electron chi connectivity index (χ4n) is 3.59. The average molecular weight is 545 g/mol. The van der Waals surface area contributed by atoms with Crippen molar-refractivity contribution in [3.8, 4) is 11.5 Å². The van der Waals surface area contributed by atoms with Crippen LogP contribution in [0.4, 0.5) is 22.8 Å². The number of rotatable bonds is 5. The molecule has 3 rings (SSSR count). The summed E-state index contributed by atoms with van der Waals surface area (Å²) in [6.45, 7) is 13.6. The molecular weight excluding hydrogens is 513 g/mol. The first-order valence-electron chi connectivity index (χ1n) is 12.1. The summed E-state index contributed by atoms with van der Waals surface area (Å²) in [6.07, 6.45) is -3.21. The van der Waals surface area contributed by atoms with Crippen LogP contribution in [0.25, 0.3) is 17.0 Å². The number of hydrogen-bond acceptors (Lipinski definition) is 6. The van der Waals surface area contributed by atoms with Crippen LogP contribution in [0, 0.1) is 0 Å². The van der Waals surface area contributed by atoms with E-state index in [0.29, 0.717) is 22.0 Å². The molecular formula is C29H31F3N2O5. The van der Waals surface area contributed by atoms with Crippen molar-refractivity contribution in [3.05, 3.63) is 71.9 Å². The normalized spacial score (nSPS) is 12.1. The molecule has 2 amide bonds. The standard InChI is InChI=1S/C29H31F3N2O5/c1-8-21-18(17-34(25(35)38-27(2,3)4)26(36)39-28(5,6)7)16-23(24-22(21)10-9-15-33-24)37-20-13-11-19(12-14-20)29(30,31)32/h8-16H,1,17H2,2-7H3. The molecule has 0 aliphatic carbocycles. The Hall–Kier alpha value is -4.08. The smallest absolute Gasteiger partial charge is 0.420 e. The molecule has 208 valence electrons. The Labute approximate surface area is 225 Å². The first-order valence-corrected chi connectivity index (χ1v) is 12.1. The van der Waals surface area contributed by atoms with Gasteiger partial charge in [0.05, 0.1) is 12.1 Å². The van der Waals surface area contributed by atoms with Crippen LogP contribution in [0.15, 0.2) is 55.2 Å². The molecule has 0 N–H and O–H groups in total. The molecule has 10 heteroatoms. The lowest BCUT2D eigenvalue weighted by Crippen LogP contribution is -2.43. The van der Waals surface area contributed by atoms with Gasteiger partial charge in [-0.25, -0.2) is 14.5 Å². The first-order chi connectivity index (χ1) is 18.0. The highest BCUT2D eigenvalue weighted by Gasteiger charge is 2.33. The lowest BCUT2D eigenvalue weighted by molar-refractivity contribution is -0.137. The van der Waals surface area contributed by atoms with Gasteiger partial charge in [-0.2, -0.15) is 13.2 Å². The molecule has 0 spiro atoms. The van der Waals surface area contributed by atoms with E-state index < -0.39 is 35.1 Å². The molecule has 0 unspecified atom stereocenters. The zero-order chi connectivity index (χ0) is 29.2. The Morgan fingerprint density at radius 2 is 1.51 bits per heavy atom. The maximum atomic E-state index is 13.1. The van der Waals surface area contributed by atoms with Crippen molar-refractivity contribution in [1.82, 2.24) is 9.88 Å². The maximum Gasteiger partial charge on any atom is 0.420 e. The highest BCUT2D eigenvalue weighted by Crippen LogP contribution is 2.36. The van der Waals surface area contributed by atoms with Gasteiger partial charge in [-0.05, 0) is 89.1 Å².